The molecule has 0 bridgehead atoms. The topological polar surface area (TPSA) is 65.0 Å². The van der Waals surface area contributed by atoms with Gasteiger partial charge in [0.1, 0.15) is 5.76 Å². The van der Waals surface area contributed by atoms with Crippen molar-refractivity contribution in [3.8, 4) is 0 Å². The lowest BCUT2D eigenvalue weighted by Gasteiger charge is -2.34. The molecule has 0 amide bonds. The lowest BCUT2D eigenvalue weighted by atomic mass is 9.75. The monoisotopic (exact) mass is 310 g/mol. The summed E-state index contributed by atoms with van der Waals surface area (Å²) in [5.74, 6) is 0.459. The molecule has 0 aromatic heterocycles. The van der Waals surface area contributed by atoms with Crippen molar-refractivity contribution in [2.24, 2.45) is 5.41 Å². The van der Waals surface area contributed by atoms with Gasteiger partial charge in [0, 0.05) is 0 Å². The van der Waals surface area contributed by atoms with Crippen LogP contribution in [0, 0.1) is 5.41 Å². The Bertz CT molecular complexity index is 557. The summed E-state index contributed by atoms with van der Waals surface area (Å²) >= 11 is 0. The fourth-order valence-corrected chi connectivity index (χ4v) is 3.45. The molecule has 5 nitrogen and oxygen atoms in total. The van der Waals surface area contributed by atoms with Crippen LogP contribution in [0.2, 0.25) is 0 Å². The van der Waals surface area contributed by atoms with E-state index in [2.05, 4.69) is 0 Å². The van der Waals surface area contributed by atoms with Crippen molar-refractivity contribution in [1.82, 2.24) is 0 Å². The SMILES string of the molecule is COC1=C(C)C[C@@]2(C)C(=O)C(OC(C)C)=C(OC(C)C)[C@@]12O. The van der Waals surface area contributed by atoms with Crippen molar-refractivity contribution in [3.63, 3.8) is 0 Å². The van der Waals surface area contributed by atoms with Crippen molar-refractivity contribution >= 4 is 5.78 Å². The number of fused-ring (bicyclic) bond motifs is 1. The van der Waals surface area contributed by atoms with Gasteiger partial charge in [-0.05, 0) is 53.5 Å². The van der Waals surface area contributed by atoms with E-state index in [1.165, 1.54) is 7.11 Å². The second-order valence-electron chi connectivity index (χ2n) is 6.85. The number of rotatable bonds is 5. The van der Waals surface area contributed by atoms with Gasteiger partial charge in [0.05, 0.1) is 24.7 Å². The second-order valence-corrected chi connectivity index (χ2v) is 6.85. The van der Waals surface area contributed by atoms with E-state index in [0.717, 1.165) is 5.57 Å². The molecule has 0 saturated heterocycles. The number of allylic oxidation sites excluding steroid dienone is 2. The fourth-order valence-electron chi connectivity index (χ4n) is 3.45. The van der Waals surface area contributed by atoms with E-state index in [9.17, 15) is 9.90 Å². The van der Waals surface area contributed by atoms with E-state index in [4.69, 9.17) is 14.2 Å². The van der Waals surface area contributed by atoms with Gasteiger partial charge in [-0.15, -0.1) is 0 Å². The minimum atomic E-state index is -1.60. The number of ketones is 1. The van der Waals surface area contributed by atoms with Crippen molar-refractivity contribution in [2.45, 2.75) is 65.8 Å². The average Bonchev–Trinajstić information content (AvgIpc) is 2.67. The minimum Gasteiger partial charge on any atom is -0.498 e. The largest absolute Gasteiger partial charge is 0.498 e. The third-order valence-electron chi connectivity index (χ3n) is 4.29. The van der Waals surface area contributed by atoms with Gasteiger partial charge in [0.2, 0.25) is 11.5 Å². The lowest BCUT2D eigenvalue weighted by Crippen LogP contribution is -2.47. The molecule has 124 valence electrons. The zero-order valence-corrected chi connectivity index (χ0v) is 14.4. The predicted octanol–water partition coefficient (Wildman–Crippen LogP) is 2.69. The van der Waals surface area contributed by atoms with Crippen molar-refractivity contribution < 1.29 is 24.1 Å². The normalized spacial score (nSPS) is 31.5. The molecule has 0 radical (unpaired) electrons. The maximum atomic E-state index is 12.9. The Hall–Kier alpha value is -1.49. The number of hydrogen-bond acceptors (Lipinski definition) is 5. The molecule has 2 atom stereocenters. The van der Waals surface area contributed by atoms with Crippen LogP contribution in [0.4, 0.5) is 0 Å². The molecule has 2 aliphatic carbocycles. The summed E-state index contributed by atoms with van der Waals surface area (Å²) in [6.07, 6.45) is 0.0345. The summed E-state index contributed by atoms with van der Waals surface area (Å²) in [4.78, 5) is 12.9. The van der Waals surface area contributed by atoms with Crippen LogP contribution in [-0.2, 0) is 19.0 Å². The smallest absolute Gasteiger partial charge is 0.211 e. The Morgan fingerprint density at radius 3 is 2.09 bits per heavy atom. The van der Waals surface area contributed by atoms with Crippen molar-refractivity contribution in [3.05, 3.63) is 22.9 Å². The Morgan fingerprint density at radius 1 is 1.09 bits per heavy atom. The van der Waals surface area contributed by atoms with Crippen LogP contribution in [0.5, 0.6) is 0 Å². The molecule has 0 unspecified atom stereocenters. The van der Waals surface area contributed by atoms with Crippen LogP contribution >= 0.6 is 0 Å². The van der Waals surface area contributed by atoms with Crippen LogP contribution in [0.15, 0.2) is 22.9 Å². The number of ether oxygens (including phenoxy) is 3. The van der Waals surface area contributed by atoms with Gasteiger partial charge in [0.25, 0.3) is 0 Å². The van der Waals surface area contributed by atoms with E-state index in [1.54, 1.807) is 6.92 Å². The highest BCUT2D eigenvalue weighted by atomic mass is 16.6. The maximum Gasteiger partial charge on any atom is 0.211 e. The minimum absolute atomic E-state index is 0.121. The van der Waals surface area contributed by atoms with Gasteiger partial charge in [-0.25, -0.2) is 0 Å². The molecule has 5 heteroatoms. The molecule has 22 heavy (non-hydrogen) atoms. The number of Topliss-reactive ketones (excluding diaryl/α,β-unsaturated/α-hetero) is 1. The molecule has 0 aromatic carbocycles. The Balaban J connectivity index is 2.66. The highest BCUT2D eigenvalue weighted by Crippen LogP contribution is 2.60. The summed E-state index contributed by atoms with van der Waals surface area (Å²) in [7, 11) is 1.50. The Labute approximate surface area is 131 Å². The molecular formula is C17H26O5. The van der Waals surface area contributed by atoms with Crippen molar-refractivity contribution in [1.29, 1.82) is 0 Å². The molecule has 2 rings (SSSR count). The summed E-state index contributed by atoms with van der Waals surface area (Å²) < 4.78 is 17.0. The fraction of sp³-hybridized carbons (Fsp3) is 0.706. The number of carbonyl (C=O) groups is 1. The summed E-state index contributed by atoms with van der Waals surface area (Å²) in [6, 6.07) is 0. The molecule has 0 aliphatic heterocycles. The summed E-state index contributed by atoms with van der Waals surface area (Å²) in [5, 5.41) is 11.4. The first-order valence-corrected chi connectivity index (χ1v) is 7.69. The van der Waals surface area contributed by atoms with Crippen LogP contribution in [0.25, 0.3) is 0 Å². The maximum absolute atomic E-state index is 12.9. The van der Waals surface area contributed by atoms with Crippen LogP contribution in [0.3, 0.4) is 0 Å². The van der Waals surface area contributed by atoms with Gasteiger partial charge in [-0.1, -0.05) is 0 Å². The molecule has 0 fully saturated rings. The zero-order chi connectivity index (χ0) is 16.9. The Morgan fingerprint density at radius 2 is 1.64 bits per heavy atom. The highest BCUT2D eigenvalue weighted by Gasteiger charge is 2.70. The standard InChI is InChI=1S/C17H26O5/c1-9(2)21-12-13(18)16(6)8-11(5)14(20-7)17(16,19)15(12)22-10(3)4/h9-10,19H,8H2,1-7H3/t16-,17-/m0/s1. The van der Waals surface area contributed by atoms with Crippen molar-refractivity contribution in [2.75, 3.05) is 7.11 Å². The first-order chi connectivity index (χ1) is 10.1. The molecular weight excluding hydrogens is 284 g/mol. The summed E-state index contributed by atoms with van der Waals surface area (Å²) in [6.45, 7) is 11.0. The molecule has 1 N–H and O–H groups in total. The first-order valence-electron chi connectivity index (χ1n) is 7.69. The second kappa shape index (κ2) is 5.30. The van der Waals surface area contributed by atoms with Gasteiger partial charge in [-0.3, -0.25) is 4.79 Å². The quantitative estimate of drug-likeness (QED) is 0.846. The number of hydrogen-bond donors (Lipinski definition) is 1. The molecule has 0 spiro atoms. The predicted molar refractivity (Wildman–Crippen MR) is 81.9 cm³/mol. The van der Waals surface area contributed by atoms with Crippen LogP contribution in [0.1, 0.15) is 48.0 Å². The lowest BCUT2D eigenvalue weighted by molar-refractivity contribution is -0.135. The molecule has 0 aromatic rings. The van der Waals surface area contributed by atoms with Crippen LogP contribution in [-0.4, -0.2) is 35.8 Å². The third kappa shape index (κ3) is 2.06. The first kappa shape index (κ1) is 16.9. The zero-order valence-electron chi connectivity index (χ0n) is 14.4. The molecule has 0 saturated carbocycles. The van der Waals surface area contributed by atoms with Gasteiger partial charge in [-0.2, -0.15) is 0 Å². The van der Waals surface area contributed by atoms with Gasteiger partial charge < -0.3 is 19.3 Å². The van der Waals surface area contributed by atoms with E-state index in [1.807, 2.05) is 34.6 Å². The molecule has 0 heterocycles. The molecule has 2 aliphatic rings. The highest BCUT2D eigenvalue weighted by molar-refractivity contribution is 6.04. The van der Waals surface area contributed by atoms with E-state index in [-0.39, 0.29) is 29.5 Å². The summed E-state index contributed by atoms with van der Waals surface area (Å²) in [5.41, 5.74) is -1.79. The number of aliphatic hydroxyl groups is 1. The van der Waals surface area contributed by atoms with E-state index in [0.29, 0.717) is 12.2 Å². The number of carbonyl (C=O) groups excluding carboxylic acids is 1. The average molecular weight is 310 g/mol. The van der Waals surface area contributed by atoms with Gasteiger partial charge in [0.15, 0.2) is 11.4 Å². The Kier molecular flexibility index (Phi) is 4.07. The van der Waals surface area contributed by atoms with Crippen LogP contribution < -0.4 is 0 Å². The third-order valence-corrected chi connectivity index (χ3v) is 4.29. The van der Waals surface area contributed by atoms with E-state index >= 15 is 0 Å². The van der Waals surface area contributed by atoms with Gasteiger partial charge >= 0.3 is 0 Å². The number of methoxy groups -OCH3 is 1. The van der Waals surface area contributed by atoms with E-state index < -0.39 is 11.0 Å².